The molecule has 0 amide bonds. The fourth-order valence-corrected chi connectivity index (χ4v) is 3.41. The van der Waals surface area contributed by atoms with Gasteiger partial charge >= 0.3 is 0 Å². The molecular formula is C19H15FN4S. The predicted molar refractivity (Wildman–Crippen MR) is 96.9 cm³/mol. The number of benzene rings is 2. The molecule has 2 aromatic heterocycles. The molecule has 4 aromatic rings. The summed E-state index contributed by atoms with van der Waals surface area (Å²) in [7, 11) is 0. The number of thioether (sulfide) groups is 1. The minimum Gasteiger partial charge on any atom is -0.207 e. The third kappa shape index (κ3) is 3.39. The van der Waals surface area contributed by atoms with Gasteiger partial charge in [0.1, 0.15) is 10.8 Å². The maximum absolute atomic E-state index is 13.5. The van der Waals surface area contributed by atoms with Gasteiger partial charge in [0.15, 0.2) is 11.5 Å². The Hall–Kier alpha value is -2.73. The minimum atomic E-state index is -0.306. The Bertz CT molecular complexity index is 1040. The van der Waals surface area contributed by atoms with Crippen LogP contribution in [-0.2, 0) is 5.75 Å². The molecule has 0 fully saturated rings. The molecule has 2 heterocycles. The topological polar surface area (TPSA) is 43.1 Å². The van der Waals surface area contributed by atoms with E-state index in [1.165, 1.54) is 23.3 Å². The van der Waals surface area contributed by atoms with Crippen LogP contribution in [0.15, 0.2) is 65.7 Å². The molecule has 4 rings (SSSR count). The van der Waals surface area contributed by atoms with Gasteiger partial charge in [-0.1, -0.05) is 53.7 Å². The Balaban J connectivity index is 1.64. The van der Waals surface area contributed by atoms with E-state index in [1.54, 1.807) is 28.4 Å². The van der Waals surface area contributed by atoms with E-state index in [2.05, 4.69) is 46.5 Å². The highest BCUT2D eigenvalue weighted by Crippen LogP contribution is 2.24. The number of hydrogen-bond acceptors (Lipinski definition) is 4. The first kappa shape index (κ1) is 15.8. The summed E-state index contributed by atoms with van der Waals surface area (Å²) < 4.78 is 15.2. The van der Waals surface area contributed by atoms with Crippen LogP contribution in [0.25, 0.3) is 17.0 Å². The average molecular weight is 350 g/mol. The lowest BCUT2D eigenvalue weighted by Gasteiger charge is -2.04. The Morgan fingerprint density at radius 3 is 2.72 bits per heavy atom. The number of hydrogen-bond donors (Lipinski definition) is 0. The fraction of sp³-hybridized carbons (Fsp3) is 0.105. The largest absolute Gasteiger partial charge is 0.207 e. The van der Waals surface area contributed by atoms with Crippen LogP contribution < -0.4 is 0 Å². The van der Waals surface area contributed by atoms with Gasteiger partial charge in [0.25, 0.3) is 0 Å². The first-order chi connectivity index (χ1) is 12.2. The second-order valence-electron chi connectivity index (χ2n) is 5.75. The van der Waals surface area contributed by atoms with Gasteiger partial charge in [-0.25, -0.2) is 4.39 Å². The summed E-state index contributed by atoms with van der Waals surface area (Å²) in [4.78, 5) is 0. The van der Waals surface area contributed by atoms with E-state index in [4.69, 9.17) is 0 Å². The molecule has 0 atom stereocenters. The van der Waals surface area contributed by atoms with Gasteiger partial charge in [0.05, 0.1) is 0 Å². The van der Waals surface area contributed by atoms with Crippen molar-refractivity contribution in [3.8, 4) is 11.4 Å². The van der Waals surface area contributed by atoms with E-state index < -0.39 is 0 Å². The Labute approximate surface area is 148 Å². The second kappa shape index (κ2) is 6.64. The summed E-state index contributed by atoms with van der Waals surface area (Å²) in [6, 6.07) is 18.5. The quantitative estimate of drug-likeness (QED) is 0.507. The van der Waals surface area contributed by atoms with Gasteiger partial charge < -0.3 is 0 Å². The van der Waals surface area contributed by atoms with Gasteiger partial charge in [-0.2, -0.15) is 9.61 Å². The zero-order valence-electron chi connectivity index (χ0n) is 13.6. The fourth-order valence-electron chi connectivity index (χ4n) is 2.62. The lowest BCUT2D eigenvalue weighted by atomic mass is 10.2. The SMILES string of the molecule is Cc1cccc(CSc2ccc3nnc(-c4cccc(F)c4)n3n2)c1. The normalized spacial score (nSPS) is 11.1. The zero-order chi connectivity index (χ0) is 17.2. The highest BCUT2D eigenvalue weighted by atomic mass is 32.2. The van der Waals surface area contributed by atoms with E-state index >= 15 is 0 Å². The van der Waals surface area contributed by atoms with Crippen molar-refractivity contribution < 1.29 is 4.39 Å². The number of halogens is 1. The smallest absolute Gasteiger partial charge is 0.185 e. The van der Waals surface area contributed by atoms with Gasteiger partial charge in [0.2, 0.25) is 0 Å². The molecule has 0 bridgehead atoms. The third-order valence-electron chi connectivity index (χ3n) is 3.79. The van der Waals surface area contributed by atoms with E-state index in [0.29, 0.717) is 17.0 Å². The molecule has 124 valence electrons. The van der Waals surface area contributed by atoms with Crippen molar-refractivity contribution in [3.63, 3.8) is 0 Å². The molecule has 0 N–H and O–H groups in total. The first-order valence-corrected chi connectivity index (χ1v) is 8.84. The van der Waals surface area contributed by atoms with Crippen LogP contribution >= 0.6 is 11.8 Å². The van der Waals surface area contributed by atoms with Crippen molar-refractivity contribution in [1.29, 1.82) is 0 Å². The maximum atomic E-state index is 13.5. The van der Waals surface area contributed by atoms with E-state index in [-0.39, 0.29) is 5.82 Å². The molecule has 0 unspecified atom stereocenters. The number of aryl methyl sites for hydroxylation is 1. The highest BCUT2D eigenvalue weighted by molar-refractivity contribution is 7.98. The third-order valence-corrected chi connectivity index (χ3v) is 4.78. The van der Waals surface area contributed by atoms with Crippen molar-refractivity contribution in [2.75, 3.05) is 0 Å². The molecule has 0 spiro atoms. The predicted octanol–water partition coefficient (Wildman–Crippen LogP) is 4.53. The molecule has 25 heavy (non-hydrogen) atoms. The van der Waals surface area contributed by atoms with Crippen molar-refractivity contribution in [2.24, 2.45) is 0 Å². The van der Waals surface area contributed by atoms with Crippen LogP contribution in [0, 0.1) is 12.7 Å². The second-order valence-corrected chi connectivity index (χ2v) is 6.75. The van der Waals surface area contributed by atoms with Gasteiger partial charge in [-0.3, -0.25) is 0 Å². The summed E-state index contributed by atoms with van der Waals surface area (Å²) in [6.07, 6.45) is 0. The standard InChI is InChI=1S/C19H15FN4S/c1-13-4-2-5-14(10-13)12-25-18-9-8-17-21-22-19(24(17)23-18)15-6-3-7-16(20)11-15/h2-11H,12H2,1H3. The lowest BCUT2D eigenvalue weighted by molar-refractivity contribution is 0.628. The average Bonchev–Trinajstić information content (AvgIpc) is 3.03. The molecule has 0 aliphatic rings. The van der Waals surface area contributed by atoms with E-state index in [0.717, 1.165) is 10.8 Å². The summed E-state index contributed by atoms with van der Waals surface area (Å²) in [6.45, 7) is 2.08. The Morgan fingerprint density at radius 1 is 1.00 bits per heavy atom. The molecule has 2 aromatic carbocycles. The molecule has 0 aliphatic carbocycles. The summed E-state index contributed by atoms with van der Waals surface area (Å²) in [5, 5.41) is 13.7. The van der Waals surface area contributed by atoms with E-state index in [9.17, 15) is 4.39 Å². The molecule has 0 saturated carbocycles. The zero-order valence-corrected chi connectivity index (χ0v) is 14.4. The van der Waals surface area contributed by atoms with Crippen LogP contribution in [0.4, 0.5) is 4.39 Å². The summed E-state index contributed by atoms with van der Waals surface area (Å²) in [5.74, 6) is 1.06. The number of nitrogens with zero attached hydrogens (tertiary/aromatic N) is 4. The molecule has 0 aliphatic heterocycles. The van der Waals surface area contributed by atoms with Gasteiger partial charge in [0, 0.05) is 11.3 Å². The lowest BCUT2D eigenvalue weighted by Crippen LogP contribution is -1.97. The van der Waals surface area contributed by atoms with E-state index in [1.807, 2.05) is 12.1 Å². The van der Waals surface area contributed by atoms with Crippen molar-refractivity contribution in [2.45, 2.75) is 17.7 Å². The monoisotopic (exact) mass is 350 g/mol. The number of aromatic nitrogens is 4. The van der Waals surface area contributed by atoms with Crippen LogP contribution in [0.3, 0.4) is 0 Å². The highest BCUT2D eigenvalue weighted by Gasteiger charge is 2.11. The van der Waals surface area contributed by atoms with Gasteiger partial charge in [-0.05, 0) is 36.8 Å². The van der Waals surface area contributed by atoms with Crippen molar-refractivity contribution in [1.82, 2.24) is 19.8 Å². The van der Waals surface area contributed by atoms with Gasteiger partial charge in [-0.15, -0.1) is 10.2 Å². The molecule has 0 saturated heterocycles. The maximum Gasteiger partial charge on any atom is 0.185 e. The number of fused-ring (bicyclic) bond motifs is 1. The van der Waals surface area contributed by atoms with Crippen LogP contribution in [0.5, 0.6) is 0 Å². The Kier molecular flexibility index (Phi) is 4.19. The Morgan fingerprint density at radius 2 is 1.88 bits per heavy atom. The molecule has 6 heteroatoms. The summed E-state index contributed by atoms with van der Waals surface area (Å²) in [5.41, 5.74) is 3.79. The van der Waals surface area contributed by atoms with Crippen LogP contribution in [0.2, 0.25) is 0 Å². The number of rotatable bonds is 4. The van der Waals surface area contributed by atoms with Crippen molar-refractivity contribution in [3.05, 3.63) is 77.6 Å². The minimum absolute atomic E-state index is 0.306. The van der Waals surface area contributed by atoms with Crippen molar-refractivity contribution >= 4 is 17.4 Å². The van der Waals surface area contributed by atoms with Crippen LogP contribution in [0.1, 0.15) is 11.1 Å². The first-order valence-electron chi connectivity index (χ1n) is 7.86. The van der Waals surface area contributed by atoms with Crippen LogP contribution in [-0.4, -0.2) is 19.8 Å². The molecular weight excluding hydrogens is 335 g/mol. The molecule has 4 nitrogen and oxygen atoms in total. The summed E-state index contributed by atoms with van der Waals surface area (Å²) >= 11 is 1.65. The molecule has 0 radical (unpaired) electrons.